The second kappa shape index (κ2) is 5.74. The third-order valence-electron chi connectivity index (χ3n) is 4.55. The zero-order valence-corrected chi connectivity index (χ0v) is 14.0. The second-order valence-electron chi connectivity index (χ2n) is 6.27. The number of methoxy groups -OCH3 is 2. The number of benzene rings is 2. The number of fused-ring (bicyclic) bond motifs is 1. The molecule has 3 aromatic rings. The Hall–Kier alpha value is -2.69. The summed E-state index contributed by atoms with van der Waals surface area (Å²) in [7, 11) is 3.31. The molecule has 5 nitrogen and oxygen atoms in total. The first-order valence-corrected chi connectivity index (χ1v) is 8.16. The first kappa shape index (κ1) is 14.9. The number of imidazole rings is 1. The molecule has 1 fully saturated rings. The van der Waals surface area contributed by atoms with Gasteiger partial charge in [0.05, 0.1) is 25.3 Å². The van der Waals surface area contributed by atoms with Crippen LogP contribution in [0, 0.1) is 0 Å². The van der Waals surface area contributed by atoms with Crippen LogP contribution in [0.1, 0.15) is 30.1 Å². The molecule has 124 valence electrons. The van der Waals surface area contributed by atoms with Gasteiger partial charge in [-0.15, -0.1) is 0 Å². The van der Waals surface area contributed by atoms with Gasteiger partial charge in [-0.25, -0.2) is 4.98 Å². The lowest BCUT2D eigenvalue weighted by Gasteiger charge is -2.11. The summed E-state index contributed by atoms with van der Waals surface area (Å²) in [6.45, 7) is 0.776. The topological polar surface area (TPSA) is 62.3 Å². The van der Waals surface area contributed by atoms with E-state index in [2.05, 4.69) is 16.7 Å². The maximum absolute atomic E-state index is 5.80. The van der Waals surface area contributed by atoms with E-state index in [4.69, 9.17) is 20.2 Å². The highest BCUT2D eigenvalue weighted by Gasteiger charge is 2.30. The summed E-state index contributed by atoms with van der Waals surface area (Å²) in [6, 6.07) is 12.0. The average Bonchev–Trinajstić information content (AvgIpc) is 3.39. The van der Waals surface area contributed by atoms with Crippen LogP contribution in [-0.2, 0) is 6.54 Å². The maximum Gasteiger partial charge on any atom is 0.163 e. The Labute approximate surface area is 141 Å². The Bertz CT molecular complexity index is 880. The lowest BCUT2D eigenvalue weighted by molar-refractivity contribution is 0.355. The van der Waals surface area contributed by atoms with Crippen molar-refractivity contribution in [2.45, 2.75) is 25.3 Å². The van der Waals surface area contributed by atoms with Gasteiger partial charge in [0.1, 0.15) is 5.82 Å². The fourth-order valence-electron chi connectivity index (χ4n) is 3.10. The van der Waals surface area contributed by atoms with Gasteiger partial charge in [-0.05, 0) is 30.5 Å². The van der Waals surface area contributed by atoms with E-state index in [1.807, 2.05) is 24.3 Å². The lowest BCUT2D eigenvalue weighted by atomic mass is 10.2. The van der Waals surface area contributed by atoms with E-state index < -0.39 is 0 Å². The highest BCUT2D eigenvalue weighted by Crippen LogP contribution is 2.42. The summed E-state index contributed by atoms with van der Waals surface area (Å²) in [5.41, 5.74) is 9.81. The number of aromatic nitrogens is 2. The quantitative estimate of drug-likeness (QED) is 0.729. The summed E-state index contributed by atoms with van der Waals surface area (Å²) in [6.07, 6.45) is 2.42. The Morgan fingerprint density at radius 2 is 1.75 bits per heavy atom. The van der Waals surface area contributed by atoms with Crippen molar-refractivity contribution in [3.05, 3.63) is 47.8 Å². The van der Waals surface area contributed by atoms with Crippen LogP contribution >= 0.6 is 0 Å². The molecule has 5 heteroatoms. The first-order chi connectivity index (χ1) is 11.7. The molecular weight excluding hydrogens is 302 g/mol. The van der Waals surface area contributed by atoms with Gasteiger partial charge in [-0.3, -0.25) is 0 Å². The lowest BCUT2D eigenvalue weighted by Crippen LogP contribution is -2.04. The standard InChI is InChI=1S/C19H21N3O2/c1-23-17-9-15-16(10-18(17)24-2)22(19(21-15)13-5-6-13)11-12-3-7-14(20)8-4-12/h3-4,7-10,13H,5-6,11,20H2,1-2H3. The molecule has 1 heterocycles. The fraction of sp³-hybridized carbons (Fsp3) is 0.316. The molecule has 1 aliphatic carbocycles. The number of nitrogen functional groups attached to an aromatic ring is 1. The van der Waals surface area contributed by atoms with Gasteiger partial charge in [0.15, 0.2) is 11.5 Å². The van der Waals surface area contributed by atoms with Crippen LogP contribution in [0.25, 0.3) is 11.0 Å². The molecule has 0 saturated heterocycles. The van der Waals surface area contributed by atoms with Crippen molar-refractivity contribution in [2.24, 2.45) is 0 Å². The van der Waals surface area contributed by atoms with Gasteiger partial charge in [0, 0.05) is 30.3 Å². The molecule has 1 saturated carbocycles. The van der Waals surface area contributed by atoms with Crippen molar-refractivity contribution in [1.82, 2.24) is 9.55 Å². The predicted octanol–water partition coefficient (Wildman–Crippen LogP) is 3.56. The van der Waals surface area contributed by atoms with Crippen LogP contribution in [0.15, 0.2) is 36.4 Å². The predicted molar refractivity (Wildman–Crippen MR) is 94.8 cm³/mol. The summed E-state index contributed by atoms with van der Waals surface area (Å²) < 4.78 is 13.2. The third kappa shape index (κ3) is 2.56. The number of nitrogens with two attached hydrogens (primary N) is 1. The van der Waals surface area contributed by atoms with Gasteiger partial charge in [0.2, 0.25) is 0 Å². The van der Waals surface area contributed by atoms with E-state index in [1.54, 1.807) is 14.2 Å². The van der Waals surface area contributed by atoms with Crippen LogP contribution in [-0.4, -0.2) is 23.8 Å². The number of rotatable bonds is 5. The monoisotopic (exact) mass is 323 g/mol. The Morgan fingerprint density at radius 1 is 1.08 bits per heavy atom. The molecule has 4 rings (SSSR count). The van der Waals surface area contributed by atoms with Crippen molar-refractivity contribution >= 4 is 16.7 Å². The molecule has 0 bridgehead atoms. The summed E-state index contributed by atoms with van der Waals surface area (Å²) in [5.74, 6) is 3.15. The molecule has 0 atom stereocenters. The minimum absolute atomic E-state index is 0.558. The molecule has 1 aliphatic rings. The fourth-order valence-corrected chi connectivity index (χ4v) is 3.10. The van der Waals surface area contributed by atoms with Gasteiger partial charge >= 0.3 is 0 Å². The molecule has 0 radical (unpaired) electrons. The van der Waals surface area contributed by atoms with Crippen molar-refractivity contribution < 1.29 is 9.47 Å². The van der Waals surface area contributed by atoms with Gasteiger partial charge in [-0.1, -0.05) is 12.1 Å². The van der Waals surface area contributed by atoms with Crippen molar-refractivity contribution in [3.8, 4) is 11.5 Å². The largest absolute Gasteiger partial charge is 0.493 e. The van der Waals surface area contributed by atoms with Crippen LogP contribution < -0.4 is 15.2 Å². The molecule has 0 spiro atoms. The minimum Gasteiger partial charge on any atom is -0.493 e. The first-order valence-electron chi connectivity index (χ1n) is 8.16. The van der Waals surface area contributed by atoms with Crippen LogP contribution in [0.4, 0.5) is 5.69 Å². The van der Waals surface area contributed by atoms with E-state index in [-0.39, 0.29) is 0 Å². The number of hydrogen-bond donors (Lipinski definition) is 1. The zero-order chi connectivity index (χ0) is 16.7. The molecule has 0 unspecified atom stereocenters. The number of ether oxygens (including phenoxy) is 2. The molecule has 0 amide bonds. The summed E-state index contributed by atoms with van der Waals surface area (Å²) >= 11 is 0. The van der Waals surface area contributed by atoms with E-state index in [1.165, 1.54) is 18.4 Å². The third-order valence-corrected chi connectivity index (χ3v) is 4.55. The molecule has 1 aromatic heterocycles. The highest BCUT2D eigenvalue weighted by molar-refractivity contribution is 5.81. The molecule has 2 N–H and O–H groups in total. The van der Waals surface area contributed by atoms with E-state index in [0.29, 0.717) is 11.7 Å². The van der Waals surface area contributed by atoms with E-state index >= 15 is 0 Å². The Morgan fingerprint density at radius 3 is 2.38 bits per heavy atom. The SMILES string of the molecule is COc1cc2nc(C3CC3)n(Cc3ccc(N)cc3)c2cc1OC. The van der Waals surface area contributed by atoms with Gasteiger partial charge < -0.3 is 19.8 Å². The maximum atomic E-state index is 5.80. The van der Waals surface area contributed by atoms with Gasteiger partial charge in [-0.2, -0.15) is 0 Å². The number of anilines is 1. The summed E-state index contributed by atoms with van der Waals surface area (Å²) in [4.78, 5) is 4.88. The zero-order valence-electron chi connectivity index (χ0n) is 14.0. The number of hydrogen-bond acceptors (Lipinski definition) is 4. The normalized spacial score (nSPS) is 14.1. The van der Waals surface area contributed by atoms with E-state index in [9.17, 15) is 0 Å². The summed E-state index contributed by atoms with van der Waals surface area (Å²) in [5, 5.41) is 0. The van der Waals surface area contributed by atoms with Crippen molar-refractivity contribution in [3.63, 3.8) is 0 Å². The van der Waals surface area contributed by atoms with Crippen LogP contribution in [0.2, 0.25) is 0 Å². The number of nitrogens with zero attached hydrogens (tertiary/aromatic N) is 2. The van der Waals surface area contributed by atoms with E-state index in [0.717, 1.165) is 34.8 Å². The molecule has 0 aliphatic heterocycles. The van der Waals surface area contributed by atoms with Crippen molar-refractivity contribution in [2.75, 3.05) is 20.0 Å². The van der Waals surface area contributed by atoms with Crippen LogP contribution in [0.3, 0.4) is 0 Å². The van der Waals surface area contributed by atoms with Crippen molar-refractivity contribution in [1.29, 1.82) is 0 Å². The average molecular weight is 323 g/mol. The van der Waals surface area contributed by atoms with Crippen LogP contribution in [0.5, 0.6) is 11.5 Å². The second-order valence-corrected chi connectivity index (χ2v) is 6.27. The smallest absolute Gasteiger partial charge is 0.163 e. The minimum atomic E-state index is 0.558. The van der Waals surface area contributed by atoms with Gasteiger partial charge in [0.25, 0.3) is 0 Å². The molecule has 2 aromatic carbocycles. The Kier molecular flexibility index (Phi) is 3.56. The highest BCUT2D eigenvalue weighted by atomic mass is 16.5. The Balaban J connectivity index is 1.84. The molecule has 24 heavy (non-hydrogen) atoms. The molecular formula is C19H21N3O2.